The highest BCUT2D eigenvalue weighted by atomic mass is 16.5. The van der Waals surface area contributed by atoms with Crippen LogP contribution in [0.4, 0.5) is 5.69 Å². The van der Waals surface area contributed by atoms with E-state index in [0.29, 0.717) is 36.3 Å². The van der Waals surface area contributed by atoms with E-state index < -0.39 is 5.97 Å². The number of hydrogen-bond donors (Lipinski definition) is 1. The van der Waals surface area contributed by atoms with Gasteiger partial charge in [0.2, 0.25) is 0 Å². The molecule has 0 saturated carbocycles. The molecular formula is C19H24N4O3. The number of pyridine rings is 1. The second-order valence-corrected chi connectivity index (χ2v) is 6.31. The molecule has 1 aliphatic heterocycles. The molecule has 7 nitrogen and oxygen atoms in total. The summed E-state index contributed by atoms with van der Waals surface area (Å²) in [5.41, 5.74) is 3.49. The Balaban J connectivity index is 1.75. The molecule has 3 rings (SSSR count). The van der Waals surface area contributed by atoms with E-state index in [1.807, 2.05) is 24.0 Å². The van der Waals surface area contributed by atoms with Crippen LogP contribution >= 0.6 is 0 Å². The van der Waals surface area contributed by atoms with Crippen LogP contribution < -0.4 is 4.90 Å². The van der Waals surface area contributed by atoms with Crippen LogP contribution in [0.3, 0.4) is 0 Å². The number of aromatic nitrogens is 2. The summed E-state index contributed by atoms with van der Waals surface area (Å²) in [5, 5.41) is 0. The molecule has 26 heavy (non-hydrogen) atoms. The fourth-order valence-electron chi connectivity index (χ4n) is 3.40. The summed E-state index contributed by atoms with van der Waals surface area (Å²) in [6.45, 7) is 6.53. The Bertz CT molecular complexity index is 793. The number of aryl methyl sites for hydroxylation is 1. The van der Waals surface area contributed by atoms with Crippen LogP contribution in [0.2, 0.25) is 0 Å². The lowest BCUT2D eigenvalue weighted by Gasteiger charge is -2.36. The van der Waals surface area contributed by atoms with Crippen molar-refractivity contribution in [1.82, 2.24) is 14.9 Å². The molecule has 1 saturated heterocycles. The highest BCUT2D eigenvalue weighted by Crippen LogP contribution is 2.23. The van der Waals surface area contributed by atoms with E-state index in [9.17, 15) is 9.59 Å². The van der Waals surface area contributed by atoms with Crippen molar-refractivity contribution < 1.29 is 14.3 Å². The smallest absolute Gasteiger partial charge is 0.339 e. The zero-order chi connectivity index (χ0) is 18.7. The zero-order valence-corrected chi connectivity index (χ0v) is 15.4. The molecule has 7 heteroatoms. The van der Waals surface area contributed by atoms with E-state index >= 15 is 0 Å². The van der Waals surface area contributed by atoms with Crippen LogP contribution in [0.25, 0.3) is 0 Å². The molecule has 138 valence electrons. The highest BCUT2D eigenvalue weighted by molar-refractivity contribution is 6.00. The van der Waals surface area contributed by atoms with Crippen LogP contribution in [0.5, 0.6) is 0 Å². The first-order valence-electron chi connectivity index (χ1n) is 8.80. The number of hydrogen-bond acceptors (Lipinski definition) is 5. The number of H-pyrrole nitrogens is 1. The van der Waals surface area contributed by atoms with Crippen molar-refractivity contribution >= 4 is 17.6 Å². The topological polar surface area (TPSA) is 78.5 Å². The number of esters is 1. The summed E-state index contributed by atoms with van der Waals surface area (Å²) in [5.74, 6) is -0.473. The molecule has 0 aromatic carbocycles. The molecule has 0 aliphatic carbocycles. The maximum absolute atomic E-state index is 13.0. The lowest BCUT2D eigenvalue weighted by atomic mass is 10.1. The molecule has 1 N–H and O–H groups in total. The number of carbonyl (C=O) groups excluding carboxylic acids is 2. The number of rotatable bonds is 4. The summed E-state index contributed by atoms with van der Waals surface area (Å²) in [7, 11) is 1.36. The SMILES string of the molecule is CCc1[nH]c(C(=O)N2CCN(c3ccncc3)CC2)c(C)c1C(=O)OC. The summed E-state index contributed by atoms with van der Waals surface area (Å²) in [4.78, 5) is 36.3. The van der Waals surface area contributed by atoms with E-state index in [4.69, 9.17) is 4.74 Å². The molecule has 2 aromatic heterocycles. The minimum Gasteiger partial charge on any atom is -0.465 e. The average molecular weight is 356 g/mol. The van der Waals surface area contributed by atoms with Crippen LogP contribution in [0.15, 0.2) is 24.5 Å². The Morgan fingerprint density at radius 2 is 1.85 bits per heavy atom. The van der Waals surface area contributed by atoms with Crippen molar-refractivity contribution in [2.75, 3.05) is 38.2 Å². The van der Waals surface area contributed by atoms with Gasteiger partial charge in [-0.25, -0.2) is 4.79 Å². The van der Waals surface area contributed by atoms with E-state index in [-0.39, 0.29) is 5.91 Å². The number of aromatic amines is 1. The average Bonchev–Trinajstić information content (AvgIpc) is 3.04. The first kappa shape index (κ1) is 18.0. The Labute approximate surface area is 153 Å². The molecule has 1 aliphatic rings. The largest absolute Gasteiger partial charge is 0.465 e. The Morgan fingerprint density at radius 3 is 2.42 bits per heavy atom. The Hall–Kier alpha value is -2.83. The van der Waals surface area contributed by atoms with Gasteiger partial charge in [0, 0.05) is 50.0 Å². The van der Waals surface area contributed by atoms with Gasteiger partial charge in [-0.05, 0) is 31.0 Å². The number of ether oxygens (including phenoxy) is 1. The van der Waals surface area contributed by atoms with Crippen LogP contribution in [-0.4, -0.2) is 60.0 Å². The van der Waals surface area contributed by atoms with Crippen LogP contribution in [-0.2, 0) is 11.2 Å². The van der Waals surface area contributed by atoms with E-state index in [0.717, 1.165) is 24.5 Å². The maximum Gasteiger partial charge on any atom is 0.339 e. The van der Waals surface area contributed by atoms with Crippen molar-refractivity contribution in [1.29, 1.82) is 0 Å². The van der Waals surface area contributed by atoms with Gasteiger partial charge < -0.3 is 19.5 Å². The number of anilines is 1. The maximum atomic E-state index is 13.0. The lowest BCUT2D eigenvalue weighted by molar-refractivity contribution is 0.0599. The number of carbonyl (C=O) groups is 2. The molecule has 3 heterocycles. The first-order chi connectivity index (χ1) is 12.6. The fraction of sp³-hybridized carbons (Fsp3) is 0.421. The third-order valence-electron chi connectivity index (χ3n) is 4.88. The van der Waals surface area contributed by atoms with Crippen molar-refractivity contribution in [2.24, 2.45) is 0 Å². The second-order valence-electron chi connectivity index (χ2n) is 6.31. The molecule has 0 spiro atoms. The molecule has 0 bridgehead atoms. The van der Waals surface area contributed by atoms with E-state index in [2.05, 4.69) is 14.9 Å². The van der Waals surface area contributed by atoms with Crippen molar-refractivity contribution in [3.05, 3.63) is 47.0 Å². The molecule has 0 radical (unpaired) electrons. The zero-order valence-electron chi connectivity index (χ0n) is 15.4. The van der Waals surface area contributed by atoms with Gasteiger partial charge in [-0.3, -0.25) is 9.78 Å². The number of amides is 1. The van der Waals surface area contributed by atoms with Gasteiger partial charge in [0.25, 0.3) is 5.91 Å². The summed E-state index contributed by atoms with van der Waals surface area (Å²) >= 11 is 0. The molecule has 2 aromatic rings. The first-order valence-corrected chi connectivity index (χ1v) is 8.80. The van der Waals surface area contributed by atoms with Crippen LogP contribution in [0.1, 0.15) is 39.0 Å². The monoisotopic (exact) mass is 356 g/mol. The Kier molecular flexibility index (Phi) is 5.25. The number of piperazine rings is 1. The third-order valence-corrected chi connectivity index (χ3v) is 4.88. The van der Waals surface area contributed by atoms with Gasteiger partial charge in [0.15, 0.2) is 0 Å². The number of nitrogens with zero attached hydrogens (tertiary/aromatic N) is 3. The van der Waals surface area contributed by atoms with E-state index in [1.54, 1.807) is 19.3 Å². The number of nitrogens with one attached hydrogen (secondary N) is 1. The van der Waals surface area contributed by atoms with Crippen molar-refractivity contribution in [3.8, 4) is 0 Å². The van der Waals surface area contributed by atoms with Gasteiger partial charge in [0.1, 0.15) is 5.69 Å². The van der Waals surface area contributed by atoms with Gasteiger partial charge in [-0.1, -0.05) is 6.92 Å². The second kappa shape index (κ2) is 7.59. The molecule has 0 atom stereocenters. The molecular weight excluding hydrogens is 332 g/mol. The van der Waals surface area contributed by atoms with Crippen molar-refractivity contribution in [3.63, 3.8) is 0 Å². The molecule has 1 amide bonds. The normalized spacial score (nSPS) is 14.4. The fourth-order valence-corrected chi connectivity index (χ4v) is 3.40. The minimum atomic E-state index is -0.405. The molecule has 0 unspecified atom stereocenters. The van der Waals surface area contributed by atoms with Crippen molar-refractivity contribution in [2.45, 2.75) is 20.3 Å². The van der Waals surface area contributed by atoms with Gasteiger partial charge >= 0.3 is 5.97 Å². The summed E-state index contributed by atoms with van der Waals surface area (Å²) in [6.07, 6.45) is 4.18. The predicted molar refractivity (Wildman–Crippen MR) is 98.6 cm³/mol. The highest BCUT2D eigenvalue weighted by Gasteiger charge is 2.28. The van der Waals surface area contributed by atoms with Gasteiger partial charge in [-0.15, -0.1) is 0 Å². The lowest BCUT2D eigenvalue weighted by Crippen LogP contribution is -2.49. The van der Waals surface area contributed by atoms with Gasteiger partial charge in [-0.2, -0.15) is 0 Å². The third kappa shape index (κ3) is 3.29. The number of methoxy groups -OCH3 is 1. The Morgan fingerprint density at radius 1 is 1.19 bits per heavy atom. The quantitative estimate of drug-likeness (QED) is 0.848. The molecule has 1 fully saturated rings. The summed E-state index contributed by atoms with van der Waals surface area (Å²) < 4.78 is 4.87. The summed E-state index contributed by atoms with van der Waals surface area (Å²) in [6, 6.07) is 3.95. The van der Waals surface area contributed by atoms with Gasteiger partial charge in [0.05, 0.1) is 12.7 Å². The predicted octanol–water partition coefficient (Wildman–Crippen LogP) is 2.03. The van der Waals surface area contributed by atoms with Crippen LogP contribution in [0, 0.1) is 6.92 Å². The minimum absolute atomic E-state index is 0.0678. The van der Waals surface area contributed by atoms with E-state index in [1.165, 1.54) is 7.11 Å². The standard InChI is InChI=1S/C19H24N4O3/c1-4-15-16(19(25)26-3)13(2)17(21-15)18(24)23-11-9-22(10-12-23)14-5-7-20-8-6-14/h5-8,21H,4,9-12H2,1-3H3.